The summed E-state index contributed by atoms with van der Waals surface area (Å²) in [6.45, 7) is 0. The SMILES string of the molecule is ClC1=CCSS1. The van der Waals surface area contributed by atoms with E-state index in [2.05, 4.69) is 0 Å². The minimum Gasteiger partial charge on any atom is -0.0838 e. The molecule has 0 fully saturated rings. The van der Waals surface area contributed by atoms with Crippen molar-refractivity contribution >= 4 is 33.2 Å². The highest BCUT2D eigenvalue weighted by atomic mass is 35.5. The van der Waals surface area contributed by atoms with Gasteiger partial charge in [-0.25, -0.2) is 0 Å². The summed E-state index contributed by atoms with van der Waals surface area (Å²) in [5.74, 6) is 1.07. The summed E-state index contributed by atoms with van der Waals surface area (Å²) in [5.41, 5.74) is 0. The summed E-state index contributed by atoms with van der Waals surface area (Å²) >= 11 is 5.52. The second kappa shape index (κ2) is 2.15. The molecular formula is C3H3ClS2. The monoisotopic (exact) mass is 138 g/mol. The van der Waals surface area contributed by atoms with Crippen LogP contribution in [0.25, 0.3) is 0 Å². The van der Waals surface area contributed by atoms with Crippen molar-refractivity contribution in [2.75, 3.05) is 5.75 Å². The van der Waals surface area contributed by atoms with Gasteiger partial charge in [-0.05, 0) is 16.9 Å². The van der Waals surface area contributed by atoms with Gasteiger partial charge in [-0.15, -0.1) is 0 Å². The van der Waals surface area contributed by atoms with Crippen LogP contribution < -0.4 is 0 Å². The van der Waals surface area contributed by atoms with Crippen LogP contribution >= 0.6 is 33.2 Å². The average Bonchev–Trinajstić information content (AvgIpc) is 1.86. The second-order valence-corrected chi connectivity index (χ2v) is 3.89. The van der Waals surface area contributed by atoms with Gasteiger partial charge in [-0.1, -0.05) is 22.4 Å². The summed E-state index contributed by atoms with van der Waals surface area (Å²) < 4.78 is 0.931. The summed E-state index contributed by atoms with van der Waals surface area (Å²) in [6.07, 6.45) is 2.01. The summed E-state index contributed by atoms with van der Waals surface area (Å²) in [4.78, 5) is 0. The van der Waals surface area contributed by atoms with Gasteiger partial charge < -0.3 is 0 Å². The van der Waals surface area contributed by atoms with Gasteiger partial charge in [-0.2, -0.15) is 0 Å². The molecular weight excluding hydrogens is 136 g/mol. The quantitative estimate of drug-likeness (QED) is 0.472. The maximum absolute atomic E-state index is 5.52. The van der Waals surface area contributed by atoms with Crippen molar-refractivity contribution in [3.63, 3.8) is 0 Å². The minimum atomic E-state index is 0.931. The van der Waals surface area contributed by atoms with E-state index in [1.807, 2.05) is 6.08 Å². The molecule has 0 aromatic carbocycles. The van der Waals surface area contributed by atoms with Crippen molar-refractivity contribution in [2.45, 2.75) is 0 Å². The van der Waals surface area contributed by atoms with Gasteiger partial charge in [-0.3, -0.25) is 0 Å². The fourth-order valence-electron chi connectivity index (χ4n) is 0.224. The standard InChI is InChI=1S/C3H3ClS2/c4-3-1-2-5-6-3/h1H,2H2. The number of halogens is 1. The number of hydrogen-bond donors (Lipinski definition) is 0. The van der Waals surface area contributed by atoms with Crippen molar-refractivity contribution in [3.8, 4) is 0 Å². The first-order valence-electron chi connectivity index (χ1n) is 1.55. The first kappa shape index (κ1) is 4.88. The molecule has 1 rings (SSSR count). The molecule has 0 amide bonds. The molecule has 0 unspecified atom stereocenters. The second-order valence-electron chi connectivity index (χ2n) is 0.876. The lowest BCUT2D eigenvalue weighted by Crippen LogP contribution is -1.49. The molecule has 34 valence electrons. The molecule has 0 aliphatic carbocycles. The van der Waals surface area contributed by atoms with Gasteiger partial charge in [0.05, 0.1) is 4.36 Å². The molecule has 3 heteroatoms. The van der Waals surface area contributed by atoms with Crippen molar-refractivity contribution in [1.82, 2.24) is 0 Å². The van der Waals surface area contributed by atoms with E-state index in [4.69, 9.17) is 11.6 Å². The molecule has 1 aliphatic rings. The third-order valence-corrected chi connectivity index (χ3v) is 3.16. The molecule has 0 saturated carbocycles. The maximum atomic E-state index is 5.52. The predicted octanol–water partition coefficient (Wildman–Crippen LogP) is 2.46. The lowest BCUT2D eigenvalue weighted by atomic mass is 10.8. The first-order chi connectivity index (χ1) is 2.89. The van der Waals surface area contributed by atoms with Crippen LogP contribution in [0, 0.1) is 0 Å². The Morgan fingerprint density at radius 2 is 2.67 bits per heavy atom. The smallest absolute Gasteiger partial charge is 0.0810 e. The Balaban J connectivity index is 2.45. The van der Waals surface area contributed by atoms with Crippen LogP contribution in [-0.4, -0.2) is 5.75 Å². The van der Waals surface area contributed by atoms with Gasteiger partial charge in [0.15, 0.2) is 0 Å². The minimum absolute atomic E-state index is 0.931. The Labute approximate surface area is 49.7 Å². The number of hydrogen-bond acceptors (Lipinski definition) is 2. The fraction of sp³-hybridized carbons (Fsp3) is 0.333. The zero-order chi connectivity index (χ0) is 4.41. The van der Waals surface area contributed by atoms with Crippen LogP contribution in [0.3, 0.4) is 0 Å². The van der Waals surface area contributed by atoms with Gasteiger partial charge >= 0.3 is 0 Å². The van der Waals surface area contributed by atoms with Gasteiger partial charge in [0.1, 0.15) is 0 Å². The van der Waals surface area contributed by atoms with Crippen molar-refractivity contribution in [3.05, 3.63) is 10.4 Å². The van der Waals surface area contributed by atoms with E-state index < -0.39 is 0 Å². The Morgan fingerprint density at radius 3 is 2.83 bits per heavy atom. The Hall–Kier alpha value is 0.730. The van der Waals surface area contributed by atoms with Crippen molar-refractivity contribution < 1.29 is 0 Å². The van der Waals surface area contributed by atoms with E-state index in [-0.39, 0.29) is 0 Å². The zero-order valence-electron chi connectivity index (χ0n) is 2.98. The first-order valence-corrected chi connectivity index (χ1v) is 4.24. The largest absolute Gasteiger partial charge is 0.0838 e. The average molecular weight is 139 g/mol. The van der Waals surface area contributed by atoms with E-state index in [1.54, 1.807) is 21.6 Å². The highest BCUT2D eigenvalue weighted by molar-refractivity contribution is 8.79. The molecule has 0 aromatic heterocycles. The molecule has 0 aromatic rings. The van der Waals surface area contributed by atoms with Gasteiger partial charge in [0.2, 0.25) is 0 Å². The molecule has 0 N–H and O–H groups in total. The highest BCUT2D eigenvalue weighted by Crippen LogP contribution is 2.38. The third kappa shape index (κ3) is 1.10. The fourth-order valence-corrected chi connectivity index (χ4v) is 2.42. The molecule has 6 heavy (non-hydrogen) atoms. The van der Waals surface area contributed by atoms with Crippen LogP contribution in [-0.2, 0) is 0 Å². The third-order valence-electron chi connectivity index (χ3n) is 0.450. The van der Waals surface area contributed by atoms with Crippen molar-refractivity contribution in [2.24, 2.45) is 0 Å². The molecule has 0 bridgehead atoms. The van der Waals surface area contributed by atoms with E-state index >= 15 is 0 Å². The summed E-state index contributed by atoms with van der Waals surface area (Å²) in [5, 5.41) is 0. The molecule has 0 atom stereocenters. The van der Waals surface area contributed by atoms with Crippen LogP contribution in [0.15, 0.2) is 10.4 Å². The van der Waals surface area contributed by atoms with E-state index in [9.17, 15) is 0 Å². The zero-order valence-corrected chi connectivity index (χ0v) is 5.37. The van der Waals surface area contributed by atoms with E-state index in [1.165, 1.54) is 0 Å². The normalized spacial score (nSPS) is 21.2. The van der Waals surface area contributed by atoms with Crippen LogP contribution in [0.1, 0.15) is 0 Å². The summed E-state index contributed by atoms with van der Waals surface area (Å²) in [7, 11) is 3.41. The van der Waals surface area contributed by atoms with Crippen LogP contribution in [0.4, 0.5) is 0 Å². The Kier molecular flexibility index (Phi) is 1.74. The molecule has 1 aliphatic heterocycles. The van der Waals surface area contributed by atoms with E-state index in [0.29, 0.717) is 0 Å². The van der Waals surface area contributed by atoms with Crippen molar-refractivity contribution in [1.29, 1.82) is 0 Å². The van der Waals surface area contributed by atoms with Gasteiger partial charge in [0, 0.05) is 5.75 Å². The van der Waals surface area contributed by atoms with E-state index in [0.717, 1.165) is 10.1 Å². The van der Waals surface area contributed by atoms with Gasteiger partial charge in [0.25, 0.3) is 0 Å². The van der Waals surface area contributed by atoms with Crippen LogP contribution in [0.2, 0.25) is 0 Å². The molecule has 0 nitrogen and oxygen atoms in total. The summed E-state index contributed by atoms with van der Waals surface area (Å²) in [6, 6.07) is 0. The lowest BCUT2D eigenvalue weighted by molar-refractivity contribution is 1.83. The molecule has 1 heterocycles. The molecule has 0 saturated heterocycles. The number of rotatable bonds is 0. The van der Waals surface area contributed by atoms with Crippen LogP contribution in [0.5, 0.6) is 0 Å². The molecule has 0 radical (unpaired) electrons. The topological polar surface area (TPSA) is 0 Å². The Morgan fingerprint density at radius 1 is 1.83 bits per heavy atom. The maximum Gasteiger partial charge on any atom is 0.0810 e. The molecule has 0 spiro atoms. The predicted molar refractivity (Wildman–Crippen MR) is 34.0 cm³/mol. The lowest BCUT2D eigenvalue weighted by Gasteiger charge is -1.76. The Bertz CT molecular complexity index is 78.9. The highest BCUT2D eigenvalue weighted by Gasteiger charge is 1.99.